The molecule has 31 heavy (non-hydrogen) atoms. The average Bonchev–Trinajstić information content (AvgIpc) is 3.42. The molecule has 0 atom stereocenters. The molecule has 0 aliphatic rings. The van der Waals surface area contributed by atoms with Crippen LogP contribution in [0, 0.1) is 6.92 Å². The van der Waals surface area contributed by atoms with Crippen molar-refractivity contribution in [3.8, 4) is 22.7 Å². The van der Waals surface area contributed by atoms with E-state index in [0.29, 0.717) is 18.4 Å². The number of halogens is 1. The van der Waals surface area contributed by atoms with Crippen LogP contribution in [-0.2, 0) is 12.8 Å². The summed E-state index contributed by atoms with van der Waals surface area (Å²) < 4.78 is 8.76. The largest absolute Gasteiger partial charge is 0.496 e. The van der Waals surface area contributed by atoms with E-state index in [9.17, 15) is 4.79 Å². The fourth-order valence-electron chi connectivity index (χ4n) is 3.64. The van der Waals surface area contributed by atoms with Gasteiger partial charge in [-0.2, -0.15) is 0 Å². The molecule has 0 bridgehead atoms. The number of aryl methyl sites for hydroxylation is 3. The minimum atomic E-state index is -0.449. The normalized spacial score (nSPS) is 10.9. The molecular formula is C22H21BrN6O2. The number of carbonyl (C=O) groups excluding carboxylic acids is 1. The molecule has 0 aliphatic carbocycles. The second-order valence-corrected chi connectivity index (χ2v) is 8.02. The van der Waals surface area contributed by atoms with Crippen LogP contribution in [0.25, 0.3) is 16.9 Å². The maximum absolute atomic E-state index is 11.6. The van der Waals surface area contributed by atoms with Crippen LogP contribution in [0.3, 0.4) is 0 Å². The number of amides is 1. The number of nitrogens with one attached hydrogen (secondary N) is 1. The summed E-state index contributed by atoms with van der Waals surface area (Å²) >= 11 is 3.51. The fraction of sp³-hybridized carbons (Fsp3) is 0.182. The average molecular weight is 481 g/mol. The SMILES string of the molecule is COc1cc(Br)ccc1-c1ccc(CCc2nnn[nH]2)n1-c1ccc(C(N)=O)cc1C. The molecular weight excluding hydrogens is 460 g/mol. The minimum Gasteiger partial charge on any atom is -0.496 e. The number of primary amides is 1. The number of H-pyrrole nitrogens is 1. The summed E-state index contributed by atoms with van der Waals surface area (Å²) in [5.74, 6) is 1.03. The van der Waals surface area contributed by atoms with E-state index in [2.05, 4.69) is 53.3 Å². The van der Waals surface area contributed by atoms with Crippen LogP contribution in [0.4, 0.5) is 0 Å². The molecule has 8 nitrogen and oxygen atoms in total. The van der Waals surface area contributed by atoms with Crippen LogP contribution in [0.1, 0.15) is 27.4 Å². The van der Waals surface area contributed by atoms with Crippen molar-refractivity contribution < 1.29 is 9.53 Å². The van der Waals surface area contributed by atoms with Gasteiger partial charge in [0.2, 0.25) is 5.91 Å². The van der Waals surface area contributed by atoms with Crippen LogP contribution in [0.2, 0.25) is 0 Å². The Morgan fingerprint density at radius 1 is 1.16 bits per heavy atom. The molecule has 0 aliphatic heterocycles. The Kier molecular flexibility index (Phi) is 5.85. The van der Waals surface area contributed by atoms with Crippen molar-refractivity contribution in [1.29, 1.82) is 0 Å². The van der Waals surface area contributed by atoms with Crippen LogP contribution in [-0.4, -0.2) is 38.2 Å². The summed E-state index contributed by atoms with van der Waals surface area (Å²) in [6.07, 6.45) is 1.37. The quantitative estimate of drug-likeness (QED) is 0.419. The molecule has 4 rings (SSSR count). The summed E-state index contributed by atoms with van der Waals surface area (Å²) in [5.41, 5.74) is 10.8. The molecule has 0 fully saturated rings. The zero-order valence-electron chi connectivity index (χ0n) is 17.1. The Balaban J connectivity index is 1.86. The van der Waals surface area contributed by atoms with Crippen molar-refractivity contribution in [1.82, 2.24) is 25.2 Å². The van der Waals surface area contributed by atoms with Gasteiger partial charge in [-0.05, 0) is 77.9 Å². The van der Waals surface area contributed by atoms with E-state index in [0.717, 1.165) is 44.2 Å². The van der Waals surface area contributed by atoms with Gasteiger partial charge >= 0.3 is 0 Å². The number of carbonyl (C=O) groups is 1. The van der Waals surface area contributed by atoms with Crippen molar-refractivity contribution in [3.05, 3.63) is 75.6 Å². The number of ether oxygens (including phenoxy) is 1. The number of hydrogen-bond acceptors (Lipinski definition) is 5. The highest BCUT2D eigenvalue weighted by molar-refractivity contribution is 9.10. The van der Waals surface area contributed by atoms with E-state index in [4.69, 9.17) is 10.5 Å². The molecule has 0 saturated carbocycles. The van der Waals surface area contributed by atoms with Gasteiger partial charge in [-0.1, -0.05) is 15.9 Å². The number of nitrogens with two attached hydrogens (primary N) is 1. The van der Waals surface area contributed by atoms with Gasteiger partial charge in [0.25, 0.3) is 0 Å². The Bertz CT molecular complexity index is 1230. The number of rotatable bonds is 7. The number of methoxy groups -OCH3 is 1. The van der Waals surface area contributed by atoms with Crippen LogP contribution in [0.5, 0.6) is 5.75 Å². The fourth-order valence-corrected chi connectivity index (χ4v) is 3.98. The van der Waals surface area contributed by atoms with Crippen molar-refractivity contribution in [2.75, 3.05) is 7.11 Å². The summed E-state index contributed by atoms with van der Waals surface area (Å²) in [7, 11) is 1.66. The molecule has 1 amide bonds. The van der Waals surface area contributed by atoms with E-state index < -0.39 is 5.91 Å². The monoisotopic (exact) mass is 480 g/mol. The number of nitrogens with zero attached hydrogens (tertiary/aromatic N) is 4. The topological polar surface area (TPSA) is 112 Å². The van der Waals surface area contributed by atoms with Gasteiger partial charge in [-0.15, -0.1) is 5.10 Å². The first kappa shape index (κ1) is 20.8. The molecule has 0 saturated heterocycles. The van der Waals surface area contributed by atoms with Crippen molar-refractivity contribution in [2.45, 2.75) is 19.8 Å². The van der Waals surface area contributed by atoms with E-state index in [1.54, 1.807) is 13.2 Å². The first-order valence-corrected chi connectivity index (χ1v) is 10.4. The summed E-state index contributed by atoms with van der Waals surface area (Å²) in [5, 5.41) is 14.1. The third kappa shape index (κ3) is 4.22. The highest BCUT2D eigenvalue weighted by atomic mass is 79.9. The van der Waals surface area contributed by atoms with Gasteiger partial charge in [0.15, 0.2) is 0 Å². The third-order valence-corrected chi connectivity index (χ3v) is 5.62. The Labute approximate surface area is 187 Å². The molecule has 4 aromatic rings. The van der Waals surface area contributed by atoms with Crippen LogP contribution < -0.4 is 10.5 Å². The molecule has 0 radical (unpaired) electrons. The van der Waals surface area contributed by atoms with E-state index >= 15 is 0 Å². The number of aromatic nitrogens is 5. The van der Waals surface area contributed by atoms with Gasteiger partial charge < -0.3 is 15.0 Å². The lowest BCUT2D eigenvalue weighted by molar-refractivity contribution is 0.1000. The first-order chi connectivity index (χ1) is 15.0. The number of tetrazole rings is 1. The molecule has 2 heterocycles. The Morgan fingerprint density at radius 2 is 2.00 bits per heavy atom. The summed E-state index contributed by atoms with van der Waals surface area (Å²) in [6.45, 7) is 1.97. The van der Waals surface area contributed by atoms with Gasteiger partial charge in [-0.25, -0.2) is 5.10 Å². The number of hydrogen-bond donors (Lipinski definition) is 2. The van der Waals surface area contributed by atoms with Gasteiger partial charge in [0.05, 0.1) is 12.8 Å². The second-order valence-electron chi connectivity index (χ2n) is 7.10. The van der Waals surface area contributed by atoms with Gasteiger partial charge in [-0.3, -0.25) is 4.79 Å². The Morgan fingerprint density at radius 3 is 2.68 bits per heavy atom. The zero-order valence-corrected chi connectivity index (χ0v) is 18.7. The maximum Gasteiger partial charge on any atom is 0.248 e. The lowest BCUT2D eigenvalue weighted by Gasteiger charge is -2.18. The second kappa shape index (κ2) is 8.73. The predicted octanol–water partition coefficient (Wildman–Crippen LogP) is 3.62. The van der Waals surface area contributed by atoms with Gasteiger partial charge in [0.1, 0.15) is 11.6 Å². The molecule has 2 aromatic heterocycles. The lowest BCUT2D eigenvalue weighted by Crippen LogP contribution is -2.12. The van der Waals surface area contributed by atoms with Crippen LogP contribution in [0.15, 0.2) is 53.0 Å². The summed E-state index contributed by atoms with van der Waals surface area (Å²) in [4.78, 5) is 11.6. The molecule has 9 heteroatoms. The number of benzene rings is 2. The minimum absolute atomic E-state index is 0.449. The standard InChI is InChI=1S/C22H21BrN6O2/c1-13-11-14(22(24)30)3-8-18(13)29-16(6-10-21-25-27-28-26-21)5-9-19(29)17-7-4-15(23)12-20(17)31-2/h3-5,7-9,11-12H,6,10H2,1-2H3,(H2,24,30)(H,25,26,27,28). The maximum atomic E-state index is 11.6. The zero-order chi connectivity index (χ0) is 22.0. The highest BCUT2D eigenvalue weighted by Crippen LogP contribution is 2.36. The smallest absolute Gasteiger partial charge is 0.248 e. The molecule has 3 N–H and O–H groups in total. The lowest BCUT2D eigenvalue weighted by atomic mass is 10.1. The van der Waals surface area contributed by atoms with Crippen molar-refractivity contribution in [3.63, 3.8) is 0 Å². The van der Waals surface area contributed by atoms with E-state index in [-0.39, 0.29) is 0 Å². The van der Waals surface area contributed by atoms with E-state index in [1.165, 1.54) is 0 Å². The molecule has 0 unspecified atom stereocenters. The molecule has 2 aromatic carbocycles. The third-order valence-electron chi connectivity index (χ3n) is 5.13. The van der Waals surface area contributed by atoms with Crippen LogP contribution >= 0.6 is 15.9 Å². The molecule has 0 spiro atoms. The molecule has 158 valence electrons. The predicted molar refractivity (Wildman–Crippen MR) is 120 cm³/mol. The van der Waals surface area contributed by atoms with Crippen molar-refractivity contribution >= 4 is 21.8 Å². The van der Waals surface area contributed by atoms with E-state index in [1.807, 2.05) is 37.3 Å². The Hall–Kier alpha value is -3.46. The summed E-state index contributed by atoms with van der Waals surface area (Å²) in [6, 6.07) is 15.6. The number of aromatic amines is 1. The van der Waals surface area contributed by atoms with Gasteiger partial charge in [0, 0.05) is 33.4 Å². The highest BCUT2D eigenvalue weighted by Gasteiger charge is 2.18. The van der Waals surface area contributed by atoms with Crippen molar-refractivity contribution in [2.24, 2.45) is 5.73 Å². The first-order valence-electron chi connectivity index (χ1n) is 9.66.